The van der Waals surface area contributed by atoms with Crippen LogP contribution in [0.1, 0.15) is 44.5 Å². The molecule has 0 atom stereocenters. The molecule has 70 heavy (non-hydrogen) atoms. The van der Waals surface area contributed by atoms with E-state index in [1.165, 1.54) is 77.5 Å². The van der Waals surface area contributed by atoms with Crippen molar-refractivity contribution < 1.29 is 4.42 Å². The molecule has 12 aromatic rings. The van der Waals surface area contributed by atoms with Gasteiger partial charge in [0, 0.05) is 28.0 Å². The lowest BCUT2D eigenvalue weighted by Crippen LogP contribution is -2.29. The predicted octanol–water partition coefficient (Wildman–Crippen LogP) is 17.4. The quantitative estimate of drug-likeness (QED) is 0.151. The average Bonchev–Trinajstić information content (AvgIpc) is 4.13. The zero-order valence-corrected chi connectivity index (χ0v) is 38.3. The van der Waals surface area contributed by atoms with Gasteiger partial charge in [0.05, 0.1) is 17.1 Å². The van der Waals surface area contributed by atoms with Crippen molar-refractivity contribution in [3.63, 3.8) is 0 Å². The molecular formula is C68H45NO. The van der Waals surface area contributed by atoms with Gasteiger partial charge < -0.3 is 9.32 Å². The first-order valence-corrected chi connectivity index (χ1v) is 24.2. The van der Waals surface area contributed by atoms with Crippen LogP contribution in [0.3, 0.4) is 0 Å². The van der Waals surface area contributed by atoms with Crippen LogP contribution in [0.2, 0.25) is 0 Å². The molecule has 14 rings (SSSR count). The zero-order chi connectivity index (χ0) is 46.2. The molecule has 0 spiro atoms. The van der Waals surface area contributed by atoms with E-state index in [4.69, 9.17) is 4.42 Å². The molecule has 0 amide bonds. The number of benzene rings is 11. The molecule has 0 radical (unpaired) electrons. The van der Waals surface area contributed by atoms with E-state index in [0.29, 0.717) is 0 Å². The van der Waals surface area contributed by atoms with Crippen molar-refractivity contribution in [2.75, 3.05) is 4.90 Å². The van der Waals surface area contributed by atoms with Gasteiger partial charge in [-0.2, -0.15) is 0 Å². The van der Waals surface area contributed by atoms with E-state index >= 15 is 0 Å². The minimum Gasteiger partial charge on any atom is -0.464 e. The highest BCUT2D eigenvalue weighted by atomic mass is 16.3. The van der Waals surface area contributed by atoms with Crippen molar-refractivity contribution in [2.45, 2.75) is 10.8 Å². The molecule has 0 aliphatic heterocycles. The van der Waals surface area contributed by atoms with Gasteiger partial charge in [0.1, 0.15) is 5.58 Å². The van der Waals surface area contributed by atoms with E-state index in [-0.39, 0.29) is 0 Å². The van der Waals surface area contributed by atoms with Crippen molar-refractivity contribution >= 4 is 38.8 Å². The average molecular weight is 892 g/mol. The number of anilines is 3. The van der Waals surface area contributed by atoms with Crippen molar-refractivity contribution in [1.29, 1.82) is 0 Å². The minimum atomic E-state index is -0.617. The lowest BCUT2D eigenvalue weighted by atomic mass is 9.66. The molecule has 2 heteroatoms. The number of nitrogens with zero attached hydrogens (tertiary/aromatic N) is 1. The van der Waals surface area contributed by atoms with Crippen LogP contribution in [0, 0.1) is 0 Å². The summed E-state index contributed by atoms with van der Waals surface area (Å²) < 4.78 is 6.15. The number of hydrogen-bond acceptors (Lipinski definition) is 2. The molecule has 1 heterocycles. The Bertz CT molecular complexity index is 3870. The van der Waals surface area contributed by atoms with Crippen LogP contribution < -0.4 is 4.90 Å². The highest BCUT2D eigenvalue weighted by molar-refractivity contribution is 6.01. The van der Waals surface area contributed by atoms with Crippen molar-refractivity contribution in [3.05, 3.63) is 318 Å². The molecule has 2 aliphatic rings. The monoisotopic (exact) mass is 891 g/mol. The van der Waals surface area contributed by atoms with Crippen LogP contribution in [-0.4, -0.2) is 0 Å². The SMILES string of the molecule is c1ccc(C2(c3ccccc3)c3ccccc3-c3cc(N(c4cccc(-c5cccc6ccoc56)c4)c4ccc5c(c4)C(c4ccccc4)(c4ccccc4)c4c-5ccc5ccccc45)ccc32)cc1. The normalized spacial score (nSPS) is 13.7. The second kappa shape index (κ2) is 15.8. The van der Waals surface area contributed by atoms with Gasteiger partial charge in [0.2, 0.25) is 0 Å². The van der Waals surface area contributed by atoms with Crippen LogP contribution in [0.4, 0.5) is 17.1 Å². The molecule has 11 aromatic carbocycles. The van der Waals surface area contributed by atoms with Gasteiger partial charge in [-0.25, -0.2) is 0 Å². The standard InChI is InChI=1S/C68H45NO/c1-5-22-49(23-6-1)67(50-24-7-2-8-25-50)62-34-16-15-32-58(62)61-44-54(37-40-63(61)67)69(53-30-17-21-48(43-53)57-33-18-20-47-41-42-70-66(47)57)55-36-39-59-60-38-35-46-19-13-14-31-56(46)65(60)68(64(59)45-55,51-26-9-3-10-27-51)52-28-11-4-12-29-52/h1-45H. The maximum absolute atomic E-state index is 6.15. The van der Waals surface area contributed by atoms with Gasteiger partial charge in [-0.05, 0) is 126 Å². The molecular weight excluding hydrogens is 847 g/mol. The van der Waals surface area contributed by atoms with Gasteiger partial charge in [0.25, 0.3) is 0 Å². The first kappa shape index (κ1) is 40.1. The van der Waals surface area contributed by atoms with Gasteiger partial charge >= 0.3 is 0 Å². The van der Waals surface area contributed by atoms with E-state index in [1.807, 2.05) is 6.07 Å². The fourth-order valence-electron chi connectivity index (χ4n) is 12.5. The minimum absolute atomic E-state index is 0.507. The first-order chi connectivity index (χ1) is 34.7. The lowest BCUT2D eigenvalue weighted by Gasteiger charge is -2.36. The Morgan fingerprint density at radius 3 is 1.56 bits per heavy atom. The van der Waals surface area contributed by atoms with E-state index in [1.54, 1.807) is 6.26 Å². The summed E-state index contributed by atoms with van der Waals surface area (Å²) in [6.45, 7) is 0. The Hall–Kier alpha value is -8.98. The van der Waals surface area contributed by atoms with Gasteiger partial charge in [0.15, 0.2) is 0 Å². The molecule has 1 aromatic heterocycles. The number of furan rings is 1. The zero-order valence-electron chi connectivity index (χ0n) is 38.3. The van der Waals surface area contributed by atoms with Gasteiger partial charge in [-0.15, -0.1) is 0 Å². The smallest absolute Gasteiger partial charge is 0.141 e. The summed E-state index contributed by atoms with van der Waals surface area (Å²) in [7, 11) is 0. The van der Waals surface area contributed by atoms with E-state index in [0.717, 1.165) is 39.2 Å². The number of rotatable bonds is 8. The summed E-state index contributed by atoms with van der Waals surface area (Å²) >= 11 is 0. The fourth-order valence-corrected chi connectivity index (χ4v) is 12.5. The maximum atomic E-state index is 6.15. The molecule has 0 saturated heterocycles. The largest absolute Gasteiger partial charge is 0.464 e. The second-order valence-corrected chi connectivity index (χ2v) is 18.7. The van der Waals surface area contributed by atoms with Crippen LogP contribution in [0.25, 0.3) is 55.1 Å². The van der Waals surface area contributed by atoms with Crippen LogP contribution >= 0.6 is 0 Å². The lowest BCUT2D eigenvalue weighted by molar-refractivity contribution is 0.617. The Kier molecular flexibility index (Phi) is 9.06. The van der Waals surface area contributed by atoms with Crippen LogP contribution in [0.5, 0.6) is 0 Å². The summed E-state index contributed by atoms with van der Waals surface area (Å²) in [5.74, 6) is 0. The van der Waals surface area contributed by atoms with Crippen molar-refractivity contribution in [1.82, 2.24) is 0 Å². The number of hydrogen-bond donors (Lipinski definition) is 0. The van der Waals surface area contributed by atoms with Crippen molar-refractivity contribution in [2.24, 2.45) is 0 Å². The molecule has 328 valence electrons. The number of para-hydroxylation sites is 1. The highest BCUT2D eigenvalue weighted by Gasteiger charge is 2.48. The molecule has 0 fully saturated rings. The topological polar surface area (TPSA) is 16.4 Å². The Morgan fingerprint density at radius 1 is 0.300 bits per heavy atom. The van der Waals surface area contributed by atoms with E-state index in [9.17, 15) is 0 Å². The van der Waals surface area contributed by atoms with E-state index in [2.05, 4.69) is 266 Å². The van der Waals surface area contributed by atoms with Crippen LogP contribution in [-0.2, 0) is 10.8 Å². The molecule has 2 aliphatic carbocycles. The molecule has 0 unspecified atom stereocenters. The third-order valence-electron chi connectivity index (χ3n) is 15.3. The molecule has 0 N–H and O–H groups in total. The Balaban J connectivity index is 1.05. The van der Waals surface area contributed by atoms with Crippen molar-refractivity contribution in [3.8, 4) is 33.4 Å². The molecule has 0 saturated carbocycles. The van der Waals surface area contributed by atoms with Gasteiger partial charge in [-0.1, -0.05) is 224 Å². The summed E-state index contributed by atoms with van der Waals surface area (Å²) in [5.41, 5.74) is 20.2. The summed E-state index contributed by atoms with van der Waals surface area (Å²) in [6.07, 6.45) is 1.79. The highest BCUT2D eigenvalue weighted by Crippen LogP contribution is 2.60. The van der Waals surface area contributed by atoms with Crippen LogP contribution in [0.15, 0.2) is 278 Å². The first-order valence-electron chi connectivity index (χ1n) is 24.2. The fraction of sp³-hybridized carbons (Fsp3) is 0.0294. The third-order valence-corrected chi connectivity index (χ3v) is 15.3. The Labute approximate surface area is 408 Å². The third kappa shape index (κ3) is 5.74. The summed E-state index contributed by atoms with van der Waals surface area (Å²) in [6, 6.07) is 98.8. The predicted molar refractivity (Wildman–Crippen MR) is 288 cm³/mol. The summed E-state index contributed by atoms with van der Waals surface area (Å²) in [4.78, 5) is 2.47. The molecule has 2 nitrogen and oxygen atoms in total. The second-order valence-electron chi connectivity index (χ2n) is 18.7. The van der Waals surface area contributed by atoms with E-state index < -0.39 is 10.8 Å². The van der Waals surface area contributed by atoms with Gasteiger partial charge in [-0.3, -0.25) is 0 Å². The Morgan fingerprint density at radius 2 is 0.829 bits per heavy atom. The summed E-state index contributed by atoms with van der Waals surface area (Å²) in [5, 5.41) is 3.58. The maximum Gasteiger partial charge on any atom is 0.141 e. The molecule has 0 bridgehead atoms. The number of fused-ring (bicyclic) bond motifs is 9.